The lowest BCUT2D eigenvalue weighted by Crippen LogP contribution is -2.25. The zero-order valence-corrected chi connectivity index (χ0v) is 15.2. The summed E-state index contributed by atoms with van der Waals surface area (Å²) in [7, 11) is 4.79. The molecule has 2 aliphatic rings. The van der Waals surface area contributed by atoms with E-state index in [2.05, 4.69) is 0 Å². The van der Waals surface area contributed by atoms with Crippen LogP contribution >= 0.6 is 0 Å². The molecule has 0 spiro atoms. The smallest absolute Gasteiger partial charge is 0.261 e. The number of aromatic hydroxyl groups is 1. The molecule has 4 rings (SSSR count). The number of rotatable bonds is 3. The molecule has 2 amide bonds. The lowest BCUT2D eigenvalue weighted by Gasteiger charge is -2.21. The first-order valence-electron chi connectivity index (χ1n) is 8.44. The van der Waals surface area contributed by atoms with Crippen molar-refractivity contribution >= 4 is 23.2 Å². The zero-order chi connectivity index (χ0) is 19.3. The molecular weight excluding hydrogens is 344 g/mol. The number of carbonyl (C=O) groups excluding carboxylic acids is 2. The fourth-order valence-corrected chi connectivity index (χ4v) is 3.67. The number of para-hydroxylation sites is 2. The van der Waals surface area contributed by atoms with Crippen LogP contribution in [-0.4, -0.2) is 47.9 Å². The van der Waals surface area contributed by atoms with E-state index in [4.69, 9.17) is 4.74 Å². The Kier molecular flexibility index (Phi) is 3.77. The van der Waals surface area contributed by atoms with Gasteiger partial charge in [0.2, 0.25) is 0 Å². The van der Waals surface area contributed by atoms with Crippen LogP contribution in [0.3, 0.4) is 0 Å². The van der Waals surface area contributed by atoms with E-state index in [9.17, 15) is 14.7 Å². The number of phenolic OH excluding ortho intramolecular Hbond substituents is 1. The topological polar surface area (TPSA) is 70.1 Å². The Balaban J connectivity index is 2.04. The first kappa shape index (κ1) is 16.9. The Labute approximate surface area is 156 Å². The van der Waals surface area contributed by atoms with Gasteiger partial charge >= 0.3 is 0 Å². The summed E-state index contributed by atoms with van der Waals surface area (Å²) in [5.41, 5.74) is 2.66. The molecule has 0 aromatic heterocycles. The summed E-state index contributed by atoms with van der Waals surface area (Å²) in [5, 5.41) is 10.3. The zero-order valence-electron chi connectivity index (χ0n) is 15.2. The van der Waals surface area contributed by atoms with Crippen LogP contribution in [0.1, 0.15) is 11.1 Å². The normalized spacial score (nSPS) is 16.6. The minimum absolute atomic E-state index is 0.0158. The van der Waals surface area contributed by atoms with Crippen molar-refractivity contribution < 1.29 is 19.4 Å². The number of methoxy groups -OCH3 is 1. The predicted octanol–water partition coefficient (Wildman–Crippen LogP) is 2.47. The third-order valence-corrected chi connectivity index (χ3v) is 4.95. The molecule has 1 N–H and O–H groups in total. The molecule has 0 radical (unpaired) electrons. The molecule has 0 saturated heterocycles. The van der Waals surface area contributed by atoms with E-state index in [1.807, 2.05) is 18.2 Å². The van der Waals surface area contributed by atoms with Gasteiger partial charge < -0.3 is 19.6 Å². The van der Waals surface area contributed by atoms with E-state index >= 15 is 0 Å². The second-order valence-electron chi connectivity index (χ2n) is 6.39. The maximum absolute atomic E-state index is 13.1. The summed E-state index contributed by atoms with van der Waals surface area (Å²) in [6.07, 6.45) is 0. The highest BCUT2D eigenvalue weighted by Gasteiger charge is 2.47. The number of nitrogens with zero attached hydrogens (tertiary/aromatic N) is 2. The second-order valence-corrected chi connectivity index (χ2v) is 6.39. The van der Waals surface area contributed by atoms with E-state index in [-0.39, 0.29) is 17.6 Å². The summed E-state index contributed by atoms with van der Waals surface area (Å²) in [6, 6.07) is 13.9. The maximum Gasteiger partial charge on any atom is 0.261 e. The highest BCUT2D eigenvalue weighted by Crippen LogP contribution is 2.47. The van der Waals surface area contributed by atoms with Crippen molar-refractivity contribution in [3.8, 4) is 11.5 Å². The van der Waals surface area contributed by atoms with Crippen LogP contribution < -0.4 is 4.74 Å². The molecule has 0 aliphatic carbocycles. The molecular formula is C21H18N2O4. The first-order chi connectivity index (χ1) is 13.0. The van der Waals surface area contributed by atoms with Crippen molar-refractivity contribution in [2.75, 3.05) is 21.2 Å². The molecule has 6 heteroatoms. The number of fused-ring (bicyclic) bond motifs is 1. The van der Waals surface area contributed by atoms with Gasteiger partial charge in [-0.25, -0.2) is 0 Å². The number of hydrogen-bond donors (Lipinski definition) is 1. The molecule has 2 aliphatic heterocycles. The maximum atomic E-state index is 13.1. The molecule has 0 unspecified atom stereocenters. The molecule has 2 aromatic rings. The van der Waals surface area contributed by atoms with E-state index in [0.29, 0.717) is 39.4 Å². The van der Waals surface area contributed by atoms with E-state index < -0.39 is 0 Å². The fraction of sp³-hybridized carbons (Fsp3) is 0.143. The van der Waals surface area contributed by atoms with Gasteiger partial charge in [-0.15, -0.1) is 0 Å². The van der Waals surface area contributed by atoms with Crippen LogP contribution in [0, 0.1) is 0 Å². The second kappa shape index (κ2) is 6.02. The van der Waals surface area contributed by atoms with E-state index in [1.54, 1.807) is 45.5 Å². The number of likely N-dealkylation sites (N-methyl/N-ethyl adjacent to an activating group) is 2. The van der Waals surface area contributed by atoms with Crippen LogP contribution in [-0.2, 0) is 9.59 Å². The van der Waals surface area contributed by atoms with Crippen molar-refractivity contribution in [3.05, 3.63) is 70.8 Å². The van der Waals surface area contributed by atoms with Gasteiger partial charge in [0.05, 0.1) is 29.7 Å². The van der Waals surface area contributed by atoms with Crippen LogP contribution in [0.5, 0.6) is 11.5 Å². The molecule has 0 atom stereocenters. The summed E-state index contributed by atoms with van der Waals surface area (Å²) in [5.74, 6) is 0.0122. The van der Waals surface area contributed by atoms with Crippen molar-refractivity contribution in [2.45, 2.75) is 0 Å². The quantitative estimate of drug-likeness (QED) is 0.911. The highest BCUT2D eigenvalue weighted by atomic mass is 16.5. The van der Waals surface area contributed by atoms with Crippen molar-refractivity contribution in [1.29, 1.82) is 0 Å². The Morgan fingerprint density at radius 1 is 0.778 bits per heavy atom. The number of carbonyl (C=O) groups is 2. The molecule has 0 fully saturated rings. The lowest BCUT2D eigenvalue weighted by atomic mass is 10.0. The lowest BCUT2D eigenvalue weighted by molar-refractivity contribution is -0.123. The molecule has 27 heavy (non-hydrogen) atoms. The van der Waals surface area contributed by atoms with Gasteiger partial charge in [0.1, 0.15) is 11.5 Å². The molecule has 2 heterocycles. The van der Waals surface area contributed by atoms with Gasteiger partial charge in [-0.3, -0.25) is 9.59 Å². The summed E-state index contributed by atoms with van der Waals surface area (Å²) in [6.45, 7) is 0. The monoisotopic (exact) mass is 362 g/mol. The molecule has 0 bridgehead atoms. The van der Waals surface area contributed by atoms with E-state index in [0.717, 1.165) is 0 Å². The van der Waals surface area contributed by atoms with Crippen molar-refractivity contribution in [2.24, 2.45) is 0 Å². The minimum atomic E-state index is -0.290. The average Bonchev–Trinajstić information content (AvgIpc) is 3.08. The van der Waals surface area contributed by atoms with Crippen LogP contribution in [0.15, 0.2) is 59.7 Å². The summed E-state index contributed by atoms with van der Waals surface area (Å²) >= 11 is 0. The SMILES string of the molecule is COc1ccccc1C1=C2C(=O)N(C)C(c3ccccc3O)=C2C(=O)N1C. The van der Waals surface area contributed by atoms with Gasteiger partial charge in [-0.05, 0) is 24.3 Å². The average molecular weight is 362 g/mol. The van der Waals surface area contributed by atoms with E-state index in [1.165, 1.54) is 15.9 Å². The van der Waals surface area contributed by atoms with Gasteiger partial charge in [0.25, 0.3) is 11.8 Å². The van der Waals surface area contributed by atoms with Gasteiger partial charge in [-0.2, -0.15) is 0 Å². The predicted molar refractivity (Wildman–Crippen MR) is 100 cm³/mol. The Morgan fingerprint density at radius 3 is 1.81 bits per heavy atom. The summed E-state index contributed by atoms with van der Waals surface area (Å²) < 4.78 is 5.43. The Bertz CT molecular complexity index is 1050. The van der Waals surface area contributed by atoms with Gasteiger partial charge in [0, 0.05) is 25.2 Å². The number of benzene rings is 2. The largest absolute Gasteiger partial charge is 0.507 e. The molecule has 0 saturated carbocycles. The molecule has 2 aromatic carbocycles. The van der Waals surface area contributed by atoms with Crippen LogP contribution in [0.2, 0.25) is 0 Å². The van der Waals surface area contributed by atoms with Gasteiger partial charge in [-0.1, -0.05) is 24.3 Å². The van der Waals surface area contributed by atoms with Crippen LogP contribution in [0.25, 0.3) is 11.4 Å². The van der Waals surface area contributed by atoms with Crippen LogP contribution in [0.4, 0.5) is 0 Å². The summed E-state index contributed by atoms with van der Waals surface area (Å²) in [4.78, 5) is 29.0. The number of phenols is 1. The number of amides is 2. The minimum Gasteiger partial charge on any atom is -0.507 e. The standard InChI is InChI=1S/C21H18N2O4/c1-22-18(12-8-4-6-10-14(12)24)16-17(21(22)26)19(23(2)20(16)25)13-9-5-7-11-15(13)27-3/h4-11,24H,1-3H3. The Hall–Kier alpha value is -3.54. The molecule has 6 nitrogen and oxygen atoms in total. The number of hydrogen-bond acceptors (Lipinski definition) is 4. The molecule has 136 valence electrons. The fourth-order valence-electron chi connectivity index (χ4n) is 3.67. The van der Waals surface area contributed by atoms with Crippen molar-refractivity contribution in [1.82, 2.24) is 9.80 Å². The third kappa shape index (κ3) is 2.26. The third-order valence-electron chi connectivity index (χ3n) is 4.95. The number of ether oxygens (including phenoxy) is 1. The Morgan fingerprint density at radius 2 is 1.26 bits per heavy atom. The van der Waals surface area contributed by atoms with Crippen molar-refractivity contribution in [3.63, 3.8) is 0 Å². The van der Waals surface area contributed by atoms with Gasteiger partial charge in [0.15, 0.2) is 0 Å². The highest BCUT2D eigenvalue weighted by molar-refractivity contribution is 6.30. The first-order valence-corrected chi connectivity index (χ1v) is 8.44.